The molecular weight excluding hydrogens is 724 g/mol. The number of alkyl halides is 9. The summed E-state index contributed by atoms with van der Waals surface area (Å²) in [4.78, 5) is 5.72. The first kappa shape index (κ1) is 36.8. The van der Waals surface area contributed by atoms with Crippen molar-refractivity contribution < 1.29 is 57.1 Å². The molecule has 1 atom stereocenters. The number of hydrogen-bond donors (Lipinski definition) is 3. The number of anilines is 2. The minimum Gasteiger partial charge on any atom is -0.365 e. The van der Waals surface area contributed by atoms with Crippen molar-refractivity contribution in [3.8, 4) is 0 Å². The van der Waals surface area contributed by atoms with Gasteiger partial charge in [0.25, 0.3) is 0 Å². The Bertz CT molecular complexity index is 1750. The van der Waals surface area contributed by atoms with Crippen molar-refractivity contribution in [1.82, 2.24) is 15.3 Å². The first-order chi connectivity index (χ1) is 22.2. The van der Waals surface area contributed by atoms with Crippen LogP contribution in [0.3, 0.4) is 0 Å². The van der Waals surface area contributed by atoms with E-state index in [-0.39, 0.29) is 0 Å². The van der Waals surface area contributed by atoms with Crippen molar-refractivity contribution in [2.75, 3.05) is 10.6 Å². The molecule has 0 bridgehead atoms. The van der Waals surface area contributed by atoms with Crippen LogP contribution in [0.15, 0.2) is 48.5 Å². The monoisotopic (exact) mass is 739 g/mol. The van der Waals surface area contributed by atoms with E-state index in [1.165, 1.54) is 0 Å². The Morgan fingerprint density at radius 1 is 0.646 bits per heavy atom. The fourth-order valence-corrected chi connectivity index (χ4v) is 4.84. The second-order valence-electron chi connectivity index (χ2n) is 9.68. The lowest BCUT2D eigenvalue weighted by molar-refractivity contribution is -0.153. The highest BCUT2D eigenvalue weighted by Gasteiger charge is 2.45. The summed E-state index contributed by atoms with van der Waals surface area (Å²) in [5.74, 6) is -8.67. The molecule has 1 heterocycles. The molecule has 0 saturated heterocycles. The summed E-state index contributed by atoms with van der Waals surface area (Å²) in [7, 11) is 0. The molecule has 258 valence electrons. The molecule has 0 aliphatic rings. The van der Waals surface area contributed by atoms with Crippen molar-refractivity contribution in [2.24, 2.45) is 0 Å². The summed E-state index contributed by atoms with van der Waals surface area (Å²) in [6.07, 6.45) is -18.7. The fourth-order valence-electron chi connectivity index (χ4n) is 4.24. The zero-order valence-electron chi connectivity index (χ0n) is 23.2. The lowest BCUT2D eigenvalue weighted by Gasteiger charge is -2.28. The number of halogens is 15. The molecule has 3 N–H and O–H groups in total. The van der Waals surface area contributed by atoms with E-state index < -0.39 is 116 Å². The van der Waals surface area contributed by atoms with E-state index in [1.54, 1.807) is 0 Å². The van der Waals surface area contributed by atoms with Gasteiger partial charge in [-0.15, -0.1) is 0 Å². The number of nitrogens with zero attached hydrogens (tertiary/aromatic N) is 2. The van der Waals surface area contributed by atoms with Gasteiger partial charge in [0.15, 0.2) is 5.69 Å². The maximum atomic E-state index is 14.5. The van der Waals surface area contributed by atoms with Gasteiger partial charge >= 0.3 is 18.5 Å². The van der Waals surface area contributed by atoms with Crippen LogP contribution in [-0.2, 0) is 31.6 Å². The summed E-state index contributed by atoms with van der Waals surface area (Å²) < 4.78 is 182. The predicted octanol–water partition coefficient (Wildman–Crippen LogP) is 9.91. The largest absolute Gasteiger partial charge is 0.451 e. The maximum Gasteiger partial charge on any atom is 0.451 e. The Labute approximate surface area is 271 Å². The summed E-state index contributed by atoms with van der Waals surface area (Å²) in [5, 5.41) is 4.74. The van der Waals surface area contributed by atoms with Crippen LogP contribution in [-0.4, -0.2) is 9.97 Å². The Morgan fingerprint density at radius 2 is 1.12 bits per heavy atom. The van der Waals surface area contributed by atoms with E-state index >= 15 is 0 Å². The van der Waals surface area contributed by atoms with Crippen molar-refractivity contribution in [3.63, 3.8) is 0 Å². The van der Waals surface area contributed by atoms with Crippen LogP contribution in [0.2, 0.25) is 10.0 Å². The van der Waals surface area contributed by atoms with Gasteiger partial charge in [-0.3, -0.25) is 5.32 Å². The average molecular weight is 740 g/mol. The molecule has 0 fully saturated rings. The van der Waals surface area contributed by atoms with Crippen molar-refractivity contribution in [2.45, 2.75) is 37.8 Å². The molecule has 5 nitrogen and oxygen atoms in total. The standard InChI is InChI=1S/C28H16Cl2F13N5/c29-14-7-11(26(35,36)37)8-15(30)21(14)46-23(44-9-12-16(31)3-1-4-17(12)32)20-22(27(38,39)40)47-25(28(41,42)43)48-24(20)45-10-13-18(33)5-2-6-19(13)34/h1-8,23,44,46H,9-10H2,(H,45,47,48). The number of hydrogen-bond acceptors (Lipinski definition) is 5. The number of rotatable bonds is 9. The molecule has 1 unspecified atom stereocenters. The predicted molar refractivity (Wildman–Crippen MR) is 147 cm³/mol. The summed E-state index contributed by atoms with van der Waals surface area (Å²) >= 11 is 11.9. The van der Waals surface area contributed by atoms with Gasteiger partial charge < -0.3 is 10.6 Å². The smallest absolute Gasteiger partial charge is 0.365 e. The normalized spacial score (nSPS) is 13.1. The van der Waals surface area contributed by atoms with Gasteiger partial charge in [0.05, 0.1) is 26.9 Å². The van der Waals surface area contributed by atoms with Crippen LogP contribution < -0.4 is 16.0 Å². The summed E-state index contributed by atoms with van der Waals surface area (Å²) in [6.45, 7) is -2.13. The van der Waals surface area contributed by atoms with Gasteiger partial charge in [0, 0.05) is 24.2 Å². The topological polar surface area (TPSA) is 61.9 Å². The maximum absolute atomic E-state index is 14.5. The highest BCUT2D eigenvalue weighted by atomic mass is 35.5. The van der Waals surface area contributed by atoms with Crippen LogP contribution in [0, 0.1) is 23.3 Å². The molecule has 0 spiro atoms. The third-order valence-corrected chi connectivity index (χ3v) is 7.05. The van der Waals surface area contributed by atoms with Gasteiger partial charge in [-0.25, -0.2) is 27.5 Å². The van der Waals surface area contributed by atoms with E-state index in [9.17, 15) is 57.1 Å². The van der Waals surface area contributed by atoms with Gasteiger partial charge in [-0.2, -0.15) is 39.5 Å². The van der Waals surface area contributed by atoms with Crippen molar-refractivity contribution in [3.05, 3.63) is 116 Å². The fraction of sp³-hybridized carbons (Fsp3) is 0.214. The van der Waals surface area contributed by atoms with Crippen LogP contribution in [0.25, 0.3) is 0 Å². The van der Waals surface area contributed by atoms with Crippen molar-refractivity contribution in [1.29, 1.82) is 0 Å². The average Bonchev–Trinajstić information content (AvgIpc) is 2.95. The molecule has 3 aromatic carbocycles. The minimum absolute atomic E-state index is 0.317. The van der Waals surface area contributed by atoms with E-state index in [4.69, 9.17) is 23.2 Å². The number of aromatic nitrogens is 2. The minimum atomic E-state index is -5.75. The Hall–Kier alpha value is -4.03. The Morgan fingerprint density at radius 3 is 1.56 bits per heavy atom. The van der Waals surface area contributed by atoms with Crippen LogP contribution in [0.1, 0.15) is 39.9 Å². The second kappa shape index (κ2) is 13.8. The molecule has 1 aromatic heterocycles. The highest BCUT2D eigenvalue weighted by Crippen LogP contribution is 2.43. The molecule has 0 aliphatic carbocycles. The van der Waals surface area contributed by atoms with Gasteiger partial charge in [-0.1, -0.05) is 35.3 Å². The lowest BCUT2D eigenvalue weighted by Crippen LogP contribution is -2.33. The molecule has 48 heavy (non-hydrogen) atoms. The van der Waals surface area contributed by atoms with Crippen LogP contribution in [0.4, 0.5) is 68.6 Å². The van der Waals surface area contributed by atoms with Gasteiger partial charge in [0.2, 0.25) is 5.82 Å². The SMILES string of the molecule is Fc1cccc(F)c1CNc1nc(C(F)(F)F)nc(C(F)(F)F)c1C(NCc1c(F)cccc1F)Nc1c(Cl)cc(C(F)(F)F)cc1Cl. The first-order valence-electron chi connectivity index (χ1n) is 12.9. The van der Waals surface area contributed by atoms with E-state index in [2.05, 4.69) is 20.6 Å². The first-order valence-corrected chi connectivity index (χ1v) is 13.7. The van der Waals surface area contributed by atoms with Crippen molar-refractivity contribution >= 4 is 34.7 Å². The third kappa shape index (κ3) is 8.33. The molecule has 4 rings (SSSR count). The number of benzene rings is 3. The lowest BCUT2D eigenvalue weighted by atomic mass is 10.1. The molecular formula is C28H16Cl2F13N5. The molecule has 20 heteroatoms. The molecule has 0 radical (unpaired) electrons. The number of nitrogens with one attached hydrogen (secondary N) is 3. The van der Waals surface area contributed by atoms with Crippen LogP contribution in [0.5, 0.6) is 0 Å². The molecule has 0 saturated carbocycles. The molecule has 4 aromatic rings. The zero-order valence-corrected chi connectivity index (χ0v) is 24.7. The Kier molecular flexibility index (Phi) is 10.6. The zero-order chi connectivity index (χ0) is 35.8. The van der Waals surface area contributed by atoms with E-state index in [1.807, 2.05) is 5.32 Å². The second-order valence-corrected chi connectivity index (χ2v) is 10.5. The van der Waals surface area contributed by atoms with E-state index in [0.29, 0.717) is 12.1 Å². The van der Waals surface area contributed by atoms with E-state index in [0.717, 1.165) is 36.4 Å². The quantitative estimate of drug-likeness (QED) is 0.118. The summed E-state index contributed by atoms with van der Waals surface area (Å²) in [6, 6.07) is 5.53. The van der Waals surface area contributed by atoms with Gasteiger partial charge in [-0.05, 0) is 36.4 Å². The molecule has 0 amide bonds. The Balaban J connectivity index is 1.97. The summed E-state index contributed by atoms with van der Waals surface area (Å²) in [5.41, 5.74) is -7.47. The molecule has 0 aliphatic heterocycles. The highest BCUT2D eigenvalue weighted by molar-refractivity contribution is 6.39. The van der Waals surface area contributed by atoms with Crippen LogP contribution >= 0.6 is 23.2 Å². The third-order valence-electron chi connectivity index (χ3n) is 6.45. The van der Waals surface area contributed by atoms with Gasteiger partial charge in [0.1, 0.15) is 35.3 Å².